The third kappa shape index (κ3) is 16.8. The molecule has 2 nitrogen and oxygen atoms in total. The Bertz CT molecular complexity index is 47.6. The summed E-state index contributed by atoms with van der Waals surface area (Å²) in [6.07, 6.45) is 1.19. The van der Waals surface area contributed by atoms with Gasteiger partial charge in [-0.05, 0) is 6.08 Å². The van der Waals surface area contributed by atoms with Gasteiger partial charge in [-0.25, -0.2) is 0 Å². The van der Waals surface area contributed by atoms with Crippen molar-refractivity contribution in [2.45, 2.75) is 0 Å². The summed E-state index contributed by atoms with van der Waals surface area (Å²) in [6, 6.07) is 0. The Morgan fingerprint density at radius 2 is 2.00 bits per heavy atom. The van der Waals surface area contributed by atoms with E-state index >= 15 is 0 Å². The zero-order chi connectivity index (χ0) is 3.41. The fourth-order valence-electron chi connectivity index (χ4n) is 0. The van der Waals surface area contributed by atoms with Crippen LogP contribution in [0.25, 0.3) is 0 Å². The van der Waals surface area contributed by atoms with Gasteiger partial charge in [0.15, 0.2) is 0 Å². The Morgan fingerprint density at radius 3 is 2.00 bits per heavy atom. The van der Waals surface area contributed by atoms with Crippen LogP contribution < -0.4 is 0 Å². The van der Waals surface area contributed by atoms with E-state index in [1.165, 1.54) is 6.08 Å². The second kappa shape index (κ2) is 9.05. The summed E-state index contributed by atoms with van der Waals surface area (Å²) in [5.74, 6) is 0. The molecule has 0 aliphatic carbocycles. The molecule has 0 heterocycles. The van der Waals surface area contributed by atoms with Crippen molar-refractivity contribution in [2.24, 2.45) is 4.99 Å². The number of hydrogen-bond donors (Lipinski definition) is 0. The molecule has 3 heteroatoms. The first-order valence-corrected chi connectivity index (χ1v) is 0.744. The van der Waals surface area contributed by atoms with Crippen molar-refractivity contribution < 1.29 is 25.9 Å². The van der Waals surface area contributed by atoms with Crippen molar-refractivity contribution in [3.8, 4) is 0 Å². The molecule has 0 saturated carbocycles. The van der Waals surface area contributed by atoms with Crippen molar-refractivity contribution in [3.63, 3.8) is 0 Å². The molecule has 0 fully saturated rings. The SMILES string of the molecule is [CH2-]N=C=O.[W]. The van der Waals surface area contributed by atoms with E-state index in [1.54, 1.807) is 0 Å². The Balaban J connectivity index is 0. The van der Waals surface area contributed by atoms with Crippen LogP contribution >= 0.6 is 0 Å². The second-order valence-electron chi connectivity index (χ2n) is 0.249. The van der Waals surface area contributed by atoms with Crippen LogP contribution in [-0.2, 0) is 25.9 Å². The molecule has 0 atom stereocenters. The molecule has 28 valence electrons. The zero-order valence-electron chi connectivity index (χ0n) is 2.47. The fraction of sp³-hybridized carbons (Fsp3) is 0. The molecule has 0 aromatic heterocycles. The minimum atomic E-state index is 0. The van der Waals surface area contributed by atoms with E-state index in [1.807, 2.05) is 0 Å². The molecular weight excluding hydrogens is 238 g/mol. The topological polar surface area (TPSA) is 29.4 Å². The Hall–Kier alpha value is -0.0617. The van der Waals surface area contributed by atoms with Gasteiger partial charge in [-0.2, -0.15) is 7.05 Å². The van der Waals surface area contributed by atoms with Gasteiger partial charge >= 0.3 is 0 Å². The average molecular weight is 240 g/mol. The van der Waals surface area contributed by atoms with Gasteiger partial charge in [-0.1, -0.05) is 0 Å². The molecule has 0 unspecified atom stereocenters. The summed E-state index contributed by atoms with van der Waals surface area (Å²) >= 11 is 0. The third-order valence-corrected chi connectivity index (χ3v) is 0.0645. The van der Waals surface area contributed by atoms with Crippen LogP contribution in [0.15, 0.2) is 4.99 Å². The fourth-order valence-corrected chi connectivity index (χ4v) is 0. The van der Waals surface area contributed by atoms with Crippen molar-refractivity contribution in [1.82, 2.24) is 0 Å². The number of aliphatic imine (C=N–C) groups is 1. The van der Waals surface area contributed by atoms with Crippen LogP contribution in [-0.4, -0.2) is 6.08 Å². The molecule has 0 aliphatic heterocycles. The van der Waals surface area contributed by atoms with Crippen LogP contribution in [0, 0.1) is 7.05 Å². The largest absolute Gasteiger partial charge is 0.389 e. The summed E-state index contributed by atoms with van der Waals surface area (Å²) in [6.45, 7) is 0. The molecule has 0 radical (unpaired) electrons. The summed E-state index contributed by atoms with van der Waals surface area (Å²) < 4.78 is 0. The van der Waals surface area contributed by atoms with Gasteiger partial charge in [0.2, 0.25) is 0 Å². The smallest absolute Gasteiger partial charge is 0 e. The van der Waals surface area contributed by atoms with Crippen LogP contribution in [0.3, 0.4) is 0 Å². The van der Waals surface area contributed by atoms with E-state index < -0.39 is 0 Å². The maximum atomic E-state index is 8.82. The number of carbonyl (C=O) groups excluding carboxylic acids is 1. The second-order valence-corrected chi connectivity index (χ2v) is 0.249. The molecule has 0 bridgehead atoms. The molecular formula is C2H2NOW-. The predicted octanol–water partition coefficient (Wildman–Crippen LogP) is 0.111. The van der Waals surface area contributed by atoms with Crippen LogP contribution in [0.5, 0.6) is 0 Å². The summed E-state index contributed by atoms with van der Waals surface area (Å²) in [4.78, 5) is 11.5. The average Bonchev–Trinajstić information content (AvgIpc) is 1.37. The van der Waals surface area contributed by atoms with Crippen molar-refractivity contribution in [2.75, 3.05) is 0 Å². The van der Waals surface area contributed by atoms with Gasteiger partial charge in [-0.3, -0.25) is 0 Å². The van der Waals surface area contributed by atoms with E-state index in [4.69, 9.17) is 4.79 Å². The Kier molecular flexibility index (Phi) is 16.1. The van der Waals surface area contributed by atoms with Crippen molar-refractivity contribution >= 4 is 6.08 Å². The Morgan fingerprint density at radius 1 is 1.80 bits per heavy atom. The van der Waals surface area contributed by atoms with Gasteiger partial charge in [-0.15, -0.1) is 0 Å². The van der Waals surface area contributed by atoms with E-state index in [9.17, 15) is 0 Å². The molecule has 0 N–H and O–H groups in total. The molecule has 0 aromatic carbocycles. The van der Waals surface area contributed by atoms with Gasteiger partial charge < -0.3 is 9.79 Å². The monoisotopic (exact) mass is 240 g/mol. The van der Waals surface area contributed by atoms with E-state index in [0.29, 0.717) is 0 Å². The predicted molar refractivity (Wildman–Crippen MR) is 13.5 cm³/mol. The number of isocyanates is 1. The number of rotatable bonds is 0. The molecule has 0 rings (SSSR count). The first-order chi connectivity index (χ1) is 1.91. The maximum absolute atomic E-state index is 8.82. The quantitative estimate of drug-likeness (QED) is 0.335. The standard InChI is InChI=1S/C2H2NO.W/c1-3-2-4;/h1H2;/q-1;. The normalized spacial score (nSPS) is 3.20. The number of nitrogens with zero attached hydrogens (tertiary/aromatic N) is 1. The molecule has 5 heavy (non-hydrogen) atoms. The minimum Gasteiger partial charge on any atom is -0.389 e. The van der Waals surface area contributed by atoms with Crippen molar-refractivity contribution in [1.29, 1.82) is 0 Å². The van der Waals surface area contributed by atoms with Crippen molar-refractivity contribution in [3.05, 3.63) is 7.05 Å². The van der Waals surface area contributed by atoms with Crippen LogP contribution in [0.1, 0.15) is 0 Å². The van der Waals surface area contributed by atoms with E-state index in [0.717, 1.165) is 0 Å². The van der Waals surface area contributed by atoms with Crippen LogP contribution in [0.2, 0.25) is 0 Å². The van der Waals surface area contributed by atoms with Gasteiger partial charge in [0.05, 0.1) is 0 Å². The molecule has 0 amide bonds. The first-order valence-electron chi connectivity index (χ1n) is 0.744. The Labute approximate surface area is 44.5 Å². The van der Waals surface area contributed by atoms with Gasteiger partial charge in [0.25, 0.3) is 0 Å². The summed E-state index contributed by atoms with van der Waals surface area (Å²) in [5, 5.41) is 0. The minimum absolute atomic E-state index is 0. The summed E-state index contributed by atoms with van der Waals surface area (Å²) in [5.41, 5.74) is 0. The molecule has 0 saturated heterocycles. The van der Waals surface area contributed by atoms with E-state index in [2.05, 4.69) is 12.0 Å². The molecule has 0 aromatic rings. The van der Waals surface area contributed by atoms with Crippen LogP contribution in [0.4, 0.5) is 0 Å². The summed E-state index contributed by atoms with van der Waals surface area (Å²) in [7, 11) is 2.81. The molecule has 0 spiro atoms. The molecule has 0 aliphatic rings. The van der Waals surface area contributed by atoms with Gasteiger partial charge in [0.1, 0.15) is 0 Å². The zero-order valence-corrected chi connectivity index (χ0v) is 5.40. The number of hydrogen-bond acceptors (Lipinski definition) is 2. The van der Waals surface area contributed by atoms with E-state index in [-0.39, 0.29) is 21.1 Å². The van der Waals surface area contributed by atoms with Gasteiger partial charge in [0, 0.05) is 21.1 Å². The first kappa shape index (κ1) is 8.87. The third-order valence-electron chi connectivity index (χ3n) is 0.0645. The maximum Gasteiger partial charge on any atom is 0 e.